The number of ether oxygens (including phenoxy) is 2. The van der Waals surface area contributed by atoms with Gasteiger partial charge < -0.3 is 14.8 Å². The van der Waals surface area contributed by atoms with Gasteiger partial charge in [0.1, 0.15) is 13.2 Å². The lowest BCUT2D eigenvalue weighted by atomic mass is 9.97. The summed E-state index contributed by atoms with van der Waals surface area (Å²) >= 11 is 3.46. The molecule has 1 saturated heterocycles. The van der Waals surface area contributed by atoms with Crippen LogP contribution in [0.3, 0.4) is 0 Å². The van der Waals surface area contributed by atoms with Crippen molar-refractivity contribution in [1.82, 2.24) is 4.31 Å². The molecule has 0 aliphatic carbocycles. The Kier molecular flexibility index (Phi) is 6.04. The lowest BCUT2D eigenvalue weighted by molar-refractivity contribution is -0.120. The molecule has 2 aliphatic rings. The summed E-state index contributed by atoms with van der Waals surface area (Å²) in [6.07, 6.45) is 0.943. The molecule has 0 atom stereocenters. The number of carbonyl (C=O) groups excluding carboxylic acids is 1. The molecule has 0 saturated carbocycles. The molecule has 9 heteroatoms. The van der Waals surface area contributed by atoms with Crippen LogP contribution in [0.15, 0.2) is 45.8 Å². The van der Waals surface area contributed by atoms with Gasteiger partial charge in [0.15, 0.2) is 11.5 Å². The number of rotatable bonds is 4. The zero-order valence-electron chi connectivity index (χ0n) is 16.6. The molecule has 7 nitrogen and oxygen atoms in total. The molecule has 1 amide bonds. The van der Waals surface area contributed by atoms with Crippen molar-refractivity contribution >= 4 is 37.5 Å². The Hall–Kier alpha value is -2.10. The number of aryl methyl sites for hydroxylation is 1. The lowest BCUT2D eigenvalue weighted by Crippen LogP contribution is -2.41. The Morgan fingerprint density at radius 1 is 1.07 bits per heavy atom. The van der Waals surface area contributed by atoms with Crippen molar-refractivity contribution in [3.8, 4) is 11.5 Å². The Labute approximate surface area is 184 Å². The minimum atomic E-state index is -3.54. The molecular weight excluding hydrogens is 472 g/mol. The van der Waals surface area contributed by atoms with E-state index in [0.29, 0.717) is 60.8 Å². The number of sulfonamides is 1. The van der Waals surface area contributed by atoms with Crippen molar-refractivity contribution < 1.29 is 22.7 Å². The van der Waals surface area contributed by atoms with E-state index in [2.05, 4.69) is 21.2 Å². The van der Waals surface area contributed by atoms with Gasteiger partial charge in [-0.2, -0.15) is 4.31 Å². The van der Waals surface area contributed by atoms with Gasteiger partial charge in [-0.25, -0.2) is 8.42 Å². The van der Waals surface area contributed by atoms with E-state index in [1.54, 1.807) is 36.4 Å². The van der Waals surface area contributed by atoms with Crippen LogP contribution >= 0.6 is 15.9 Å². The summed E-state index contributed by atoms with van der Waals surface area (Å²) in [7, 11) is -3.54. The summed E-state index contributed by atoms with van der Waals surface area (Å²) < 4.78 is 39.0. The molecule has 2 aromatic rings. The number of piperidine rings is 1. The number of hydrogen-bond acceptors (Lipinski definition) is 5. The third kappa shape index (κ3) is 4.33. The number of halogens is 1. The second-order valence-electron chi connectivity index (χ2n) is 7.46. The van der Waals surface area contributed by atoms with E-state index in [0.717, 1.165) is 5.56 Å². The number of nitrogens with zero attached hydrogens (tertiary/aromatic N) is 1. The van der Waals surface area contributed by atoms with Crippen molar-refractivity contribution in [3.63, 3.8) is 0 Å². The van der Waals surface area contributed by atoms with Crippen LogP contribution < -0.4 is 14.8 Å². The van der Waals surface area contributed by atoms with Gasteiger partial charge in [-0.15, -0.1) is 0 Å². The van der Waals surface area contributed by atoms with Gasteiger partial charge in [-0.3, -0.25) is 4.79 Å². The maximum atomic E-state index is 12.8. The molecule has 4 rings (SSSR count). The van der Waals surface area contributed by atoms with Crippen LogP contribution in [0.5, 0.6) is 11.5 Å². The second kappa shape index (κ2) is 8.56. The number of amides is 1. The highest BCUT2D eigenvalue weighted by molar-refractivity contribution is 9.10. The summed E-state index contributed by atoms with van der Waals surface area (Å²) in [4.78, 5) is 13.1. The molecule has 30 heavy (non-hydrogen) atoms. The Balaban J connectivity index is 1.39. The zero-order chi connectivity index (χ0) is 21.3. The number of nitrogens with one attached hydrogen (secondary N) is 1. The lowest BCUT2D eigenvalue weighted by Gasteiger charge is -2.30. The van der Waals surface area contributed by atoms with Crippen LogP contribution in [0.2, 0.25) is 0 Å². The first kappa shape index (κ1) is 21.1. The van der Waals surface area contributed by atoms with Gasteiger partial charge in [0.05, 0.1) is 10.6 Å². The maximum absolute atomic E-state index is 12.8. The molecule has 1 N–H and O–H groups in total. The molecule has 0 unspecified atom stereocenters. The average Bonchev–Trinajstić information content (AvgIpc) is 2.74. The predicted molar refractivity (Wildman–Crippen MR) is 116 cm³/mol. The van der Waals surface area contributed by atoms with Crippen LogP contribution in [-0.2, 0) is 14.8 Å². The first-order valence-electron chi connectivity index (χ1n) is 9.81. The van der Waals surface area contributed by atoms with E-state index in [-0.39, 0.29) is 16.7 Å². The van der Waals surface area contributed by atoms with Gasteiger partial charge in [0.2, 0.25) is 15.9 Å². The average molecular weight is 495 g/mol. The minimum Gasteiger partial charge on any atom is -0.486 e. The van der Waals surface area contributed by atoms with E-state index in [9.17, 15) is 13.2 Å². The highest BCUT2D eigenvalue weighted by Gasteiger charge is 2.32. The van der Waals surface area contributed by atoms with E-state index < -0.39 is 10.0 Å². The van der Waals surface area contributed by atoms with E-state index in [1.165, 1.54) is 4.31 Å². The molecule has 0 bridgehead atoms. The monoisotopic (exact) mass is 494 g/mol. The zero-order valence-corrected chi connectivity index (χ0v) is 19.0. The van der Waals surface area contributed by atoms with Crippen molar-refractivity contribution in [2.24, 2.45) is 5.92 Å². The molecule has 2 aromatic carbocycles. The van der Waals surface area contributed by atoms with Gasteiger partial charge in [0.25, 0.3) is 0 Å². The van der Waals surface area contributed by atoms with Gasteiger partial charge in [-0.05, 0) is 47.8 Å². The molecule has 0 radical (unpaired) electrons. The fourth-order valence-electron chi connectivity index (χ4n) is 3.61. The van der Waals surface area contributed by atoms with Crippen molar-refractivity contribution in [1.29, 1.82) is 0 Å². The second-order valence-corrected chi connectivity index (χ2v) is 10.2. The number of fused-ring (bicyclic) bond motifs is 1. The summed E-state index contributed by atoms with van der Waals surface area (Å²) in [5, 5.41) is 2.93. The molecule has 2 aliphatic heterocycles. The molecule has 2 heterocycles. The Bertz CT molecular complexity index is 1050. The summed E-state index contributed by atoms with van der Waals surface area (Å²) in [6, 6.07) is 10.4. The first-order valence-corrected chi connectivity index (χ1v) is 12.0. The standard InChI is InChI=1S/C21H23BrN2O5S/c1-14-2-4-16(5-3-14)30(26,27)24-8-6-15(7-9-24)21(25)23-18-13-20-19(12-17(18)22)28-10-11-29-20/h2-5,12-13,15H,6-11H2,1H3,(H,23,25). The predicted octanol–water partition coefficient (Wildman–Crippen LogP) is 3.57. The van der Waals surface area contributed by atoms with Crippen LogP contribution in [-0.4, -0.2) is 44.9 Å². The fourth-order valence-corrected chi connectivity index (χ4v) is 5.50. The quantitative estimate of drug-likeness (QED) is 0.701. The van der Waals surface area contributed by atoms with E-state index in [1.807, 2.05) is 6.92 Å². The Morgan fingerprint density at radius 2 is 1.67 bits per heavy atom. The highest BCUT2D eigenvalue weighted by Crippen LogP contribution is 2.38. The molecular formula is C21H23BrN2O5S. The summed E-state index contributed by atoms with van der Waals surface area (Å²) in [6.45, 7) is 3.51. The van der Waals surface area contributed by atoms with Crippen LogP contribution in [0, 0.1) is 12.8 Å². The number of hydrogen-bond donors (Lipinski definition) is 1. The fraction of sp³-hybridized carbons (Fsp3) is 0.381. The van der Waals surface area contributed by atoms with Crippen molar-refractivity contribution in [2.45, 2.75) is 24.7 Å². The van der Waals surface area contributed by atoms with Crippen LogP contribution in [0.25, 0.3) is 0 Å². The topological polar surface area (TPSA) is 84.9 Å². The largest absolute Gasteiger partial charge is 0.486 e. The van der Waals surface area contributed by atoms with Gasteiger partial charge in [0, 0.05) is 35.6 Å². The first-order chi connectivity index (χ1) is 14.3. The van der Waals surface area contributed by atoms with Crippen LogP contribution in [0.4, 0.5) is 5.69 Å². The highest BCUT2D eigenvalue weighted by atomic mass is 79.9. The van der Waals surface area contributed by atoms with Crippen molar-refractivity contribution in [2.75, 3.05) is 31.6 Å². The molecule has 160 valence electrons. The Morgan fingerprint density at radius 3 is 2.30 bits per heavy atom. The smallest absolute Gasteiger partial charge is 0.243 e. The third-order valence-corrected chi connectivity index (χ3v) is 7.94. The van der Waals surface area contributed by atoms with E-state index in [4.69, 9.17) is 9.47 Å². The van der Waals surface area contributed by atoms with Crippen LogP contribution in [0.1, 0.15) is 18.4 Å². The van der Waals surface area contributed by atoms with Gasteiger partial charge in [-0.1, -0.05) is 17.7 Å². The molecule has 1 fully saturated rings. The number of anilines is 1. The molecule has 0 spiro atoms. The SMILES string of the molecule is Cc1ccc(S(=O)(=O)N2CCC(C(=O)Nc3cc4c(cc3Br)OCCO4)CC2)cc1. The summed E-state index contributed by atoms with van der Waals surface area (Å²) in [5.74, 6) is 0.855. The molecule has 0 aromatic heterocycles. The van der Waals surface area contributed by atoms with Crippen molar-refractivity contribution in [3.05, 3.63) is 46.4 Å². The number of benzene rings is 2. The van der Waals surface area contributed by atoms with Gasteiger partial charge >= 0.3 is 0 Å². The minimum absolute atomic E-state index is 0.125. The third-order valence-electron chi connectivity index (χ3n) is 5.37. The normalized spacial score (nSPS) is 17.5. The van der Waals surface area contributed by atoms with E-state index >= 15 is 0 Å². The summed E-state index contributed by atoms with van der Waals surface area (Å²) in [5.41, 5.74) is 1.62. The maximum Gasteiger partial charge on any atom is 0.243 e. The number of carbonyl (C=O) groups is 1.